The largest absolute Gasteiger partial charge is 0.455 e. The fourth-order valence-corrected chi connectivity index (χ4v) is 3.30. The molecule has 0 saturated heterocycles. The van der Waals surface area contributed by atoms with E-state index in [-0.39, 0.29) is 5.69 Å². The van der Waals surface area contributed by atoms with E-state index in [2.05, 4.69) is 4.98 Å². The Morgan fingerprint density at radius 3 is 2.44 bits per heavy atom. The highest BCUT2D eigenvalue weighted by Crippen LogP contribution is 2.44. The summed E-state index contributed by atoms with van der Waals surface area (Å²) >= 11 is 0. The Morgan fingerprint density at radius 1 is 1.19 bits per heavy atom. The average molecular weight is 375 g/mol. The molecule has 1 aromatic carbocycles. The highest BCUT2D eigenvalue weighted by molar-refractivity contribution is 5.96. The van der Waals surface area contributed by atoms with Gasteiger partial charge in [0.1, 0.15) is 17.7 Å². The number of amides is 1. The molecule has 1 aromatic heterocycles. The molecule has 3 rings (SSSR count). The van der Waals surface area contributed by atoms with E-state index in [9.17, 15) is 14.0 Å². The minimum absolute atomic E-state index is 0.0961. The van der Waals surface area contributed by atoms with Crippen LogP contribution in [0, 0.1) is 5.82 Å². The summed E-state index contributed by atoms with van der Waals surface area (Å²) in [6.07, 6.45) is 0.802. The Kier molecular flexibility index (Phi) is 4.25. The number of rotatable bonds is 1. The van der Waals surface area contributed by atoms with Crippen molar-refractivity contribution in [2.45, 2.75) is 45.8 Å². The van der Waals surface area contributed by atoms with Gasteiger partial charge in [-0.15, -0.1) is 0 Å². The summed E-state index contributed by atoms with van der Waals surface area (Å²) in [4.78, 5) is 30.8. The third kappa shape index (κ3) is 3.05. The predicted molar refractivity (Wildman–Crippen MR) is 96.6 cm³/mol. The minimum Gasteiger partial charge on any atom is -0.455 e. The number of hydrogen-bond acceptors (Lipinski definition) is 5. The van der Waals surface area contributed by atoms with E-state index >= 15 is 0 Å². The monoisotopic (exact) mass is 375 g/mol. The molecule has 0 saturated carbocycles. The summed E-state index contributed by atoms with van der Waals surface area (Å²) in [7, 11) is 1.25. The summed E-state index contributed by atoms with van der Waals surface area (Å²) in [5.41, 5.74) is -0.350. The van der Waals surface area contributed by atoms with Crippen molar-refractivity contribution >= 4 is 17.7 Å². The lowest BCUT2D eigenvalue weighted by molar-refractivity contribution is 0.00599. The summed E-state index contributed by atoms with van der Waals surface area (Å²) in [5.74, 6) is -1.09. The number of hydrogen-bond donors (Lipinski definition) is 0. The van der Waals surface area contributed by atoms with Crippen molar-refractivity contribution in [1.82, 2.24) is 9.55 Å². The van der Waals surface area contributed by atoms with Crippen molar-refractivity contribution in [2.24, 2.45) is 0 Å². The van der Waals surface area contributed by atoms with E-state index in [0.29, 0.717) is 17.1 Å². The number of esters is 1. The second-order valence-electron chi connectivity index (χ2n) is 7.81. The number of methoxy groups -OCH3 is 1. The van der Waals surface area contributed by atoms with Crippen molar-refractivity contribution in [3.8, 4) is 5.69 Å². The van der Waals surface area contributed by atoms with Crippen LogP contribution in [-0.2, 0) is 15.0 Å². The SMILES string of the molecule is COC(=O)N1c2cc(F)ccc2-n2cnc(C(=O)OC(C)(C)C)c2C1(C)C. The zero-order valence-electron chi connectivity index (χ0n) is 16.2. The molecule has 1 aliphatic heterocycles. The van der Waals surface area contributed by atoms with Gasteiger partial charge in [-0.3, -0.25) is 9.47 Å². The molecular weight excluding hydrogens is 353 g/mol. The van der Waals surface area contributed by atoms with Gasteiger partial charge in [-0.1, -0.05) is 0 Å². The molecule has 2 aromatic rings. The van der Waals surface area contributed by atoms with E-state index in [1.807, 2.05) is 0 Å². The van der Waals surface area contributed by atoms with E-state index in [1.165, 1.54) is 36.5 Å². The molecular formula is C19H22FN3O4. The first-order valence-corrected chi connectivity index (χ1v) is 8.46. The highest BCUT2D eigenvalue weighted by Gasteiger charge is 2.46. The van der Waals surface area contributed by atoms with Crippen molar-refractivity contribution < 1.29 is 23.5 Å². The number of benzene rings is 1. The van der Waals surface area contributed by atoms with Crippen LogP contribution in [-0.4, -0.2) is 34.3 Å². The molecule has 0 radical (unpaired) electrons. The molecule has 1 amide bonds. The molecule has 8 heteroatoms. The van der Waals surface area contributed by atoms with Gasteiger partial charge in [0.05, 0.1) is 29.7 Å². The Morgan fingerprint density at radius 2 is 1.85 bits per heavy atom. The Balaban J connectivity index is 2.25. The van der Waals surface area contributed by atoms with Crippen molar-refractivity contribution in [3.63, 3.8) is 0 Å². The Labute approximate surface area is 156 Å². The molecule has 0 spiro atoms. The average Bonchev–Trinajstić information content (AvgIpc) is 2.99. The number of carbonyl (C=O) groups excluding carboxylic acids is 2. The van der Waals surface area contributed by atoms with Crippen LogP contribution in [0.4, 0.5) is 14.9 Å². The molecule has 2 heterocycles. The number of fused-ring (bicyclic) bond motifs is 3. The van der Waals surface area contributed by atoms with E-state index < -0.39 is 29.0 Å². The van der Waals surface area contributed by atoms with Crippen LogP contribution in [0.15, 0.2) is 24.5 Å². The lowest BCUT2D eigenvalue weighted by Gasteiger charge is -2.42. The molecule has 144 valence electrons. The van der Waals surface area contributed by atoms with Crippen molar-refractivity contribution in [1.29, 1.82) is 0 Å². The second-order valence-corrected chi connectivity index (χ2v) is 7.81. The first-order valence-electron chi connectivity index (χ1n) is 8.46. The van der Waals surface area contributed by atoms with E-state index in [0.717, 1.165) is 0 Å². The summed E-state index contributed by atoms with van der Waals surface area (Å²) < 4.78 is 26.0. The van der Waals surface area contributed by atoms with Gasteiger partial charge in [-0.2, -0.15) is 0 Å². The Hall–Kier alpha value is -2.90. The quantitative estimate of drug-likeness (QED) is 0.709. The van der Waals surface area contributed by atoms with Crippen LogP contribution in [0.5, 0.6) is 0 Å². The molecule has 0 atom stereocenters. The lowest BCUT2D eigenvalue weighted by atomic mass is 9.92. The third-order valence-corrected chi connectivity index (χ3v) is 4.29. The molecule has 0 N–H and O–H groups in total. The fraction of sp³-hybridized carbons (Fsp3) is 0.421. The van der Waals surface area contributed by atoms with Crippen molar-refractivity contribution in [3.05, 3.63) is 41.7 Å². The number of aromatic nitrogens is 2. The second kappa shape index (κ2) is 6.07. The summed E-state index contributed by atoms with van der Waals surface area (Å²) in [6, 6.07) is 4.06. The normalized spacial score (nSPS) is 15.0. The van der Waals surface area contributed by atoms with E-state index in [1.54, 1.807) is 39.2 Å². The van der Waals surface area contributed by atoms with Crippen LogP contribution < -0.4 is 4.90 Å². The third-order valence-electron chi connectivity index (χ3n) is 4.29. The maximum atomic E-state index is 13.9. The standard InChI is InChI=1S/C19H22FN3O4/c1-18(2,3)27-16(24)14-15-19(4,5)23(17(25)26-6)13-9-11(20)7-8-12(13)22(15)10-21-14/h7-10H,1-6H3. The molecule has 0 fully saturated rings. The fourth-order valence-electron chi connectivity index (χ4n) is 3.30. The molecule has 0 unspecified atom stereocenters. The van der Waals surface area contributed by atoms with Gasteiger partial charge in [0, 0.05) is 0 Å². The molecule has 0 aliphatic carbocycles. The molecule has 27 heavy (non-hydrogen) atoms. The van der Waals surface area contributed by atoms with Gasteiger partial charge in [-0.25, -0.2) is 19.0 Å². The number of nitrogens with zero attached hydrogens (tertiary/aromatic N) is 3. The van der Waals surface area contributed by atoms with Gasteiger partial charge in [0.25, 0.3) is 0 Å². The Bertz CT molecular complexity index is 928. The maximum absolute atomic E-state index is 13.9. The topological polar surface area (TPSA) is 73.7 Å². The number of halogens is 1. The molecule has 1 aliphatic rings. The van der Waals surface area contributed by atoms with Crippen LogP contribution in [0.25, 0.3) is 5.69 Å². The van der Waals surface area contributed by atoms with Crippen molar-refractivity contribution in [2.75, 3.05) is 12.0 Å². The zero-order valence-corrected chi connectivity index (χ0v) is 16.2. The lowest BCUT2D eigenvalue weighted by Crippen LogP contribution is -2.50. The van der Waals surface area contributed by atoms with Crippen LogP contribution in [0.2, 0.25) is 0 Å². The predicted octanol–water partition coefficient (Wildman–Crippen LogP) is 3.79. The van der Waals surface area contributed by atoms with E-state index in [4.69, 9.17) is 9.47 Å². The van der Waals surface area contributed by atoms with Gasteiger partial charge >= 0.3 is 12.1 Å². The summed E-state index contributed by atoms with van der Waals surface area (Å²) in [6.45, 7) is 8.75. The van der Waals surface area contributed by atoms with Gasteiger partial charge in [0.15, 0.2) is 5.69 Å². The number of anilines is 1. The van der Waals surface area contributed by atoms with Crippen LogP contribution >= 0.6 is 0 Å². The molecule has 0 bridgehead atoms. The van der Waals surface area contributed by atoms with Gasteiger partial charge in [-0.05, 0) is 52.8 Å². The first kappa shape index (κ1) is 18.9. The van der Waals surface area contributed by atoms with Crippen LogP contribution in [0.1, 0.15) is 50.8 Å². The summed E-state index contributed by atoms with van der Waals surface area (Å²) in [5, 5.41) is 0. The van der Waals surface area contributed by atoms with Gasteiger partial charge in [0.2, 0.25) is 0 Å². The first-order chi connectivity index (χ1) is 12.5. The smallest absolute Gasteiger partial charge is 0.414 e. The number of carbonyl (C=O) groups is 2. The molecule has 7 nitrogen and oxygen atoms in total. The minimum atomic E-state index is -1.05. The van der Waals surface area contributed by atoms with Gasteiger partial charge < -0.3 is 9.47 Å². The number of ether oxygens (including phenoxy) is 2. The highest BCUT2D eigenvalue weighted by atomic mass is 19.1. The maximum Gasteiger partial charge on any atom is 0.414 e. The number of imidazole rings is 1. The zero-order chi connectivity index (χ0) is 20.1. The van der Waals surface area contributed by atoms with Crippen LogP contribution in [0.3, 0.4) is 0 Å².